The fraction of sp³-hybridized carbons (Fsp3) is 0.214. The summed E-state index contributed by atoms with van der Waals surface area (Å²) < 4.78 is 1.19. The lowest BCUT2D eigenvalue weighted by Gasteiger charge is -2.09. The van der Waals surface area contributed by atoms with E-state index in [1.54, 1.807) is 0 Å². The van der Waals surface area contributed by atoms with Gasteiger partial charge in [-0.3, -0.25) is 4.57 Å². The van der Waals surface area contributed by atoms with Crippen LogP contribution in [0.1, 0.15) is 24.1 Å². The molecule has 1 atom stereocenters. The fourth-order valence-corrected chi connectivity index (χ4v) is 2.72. The molecule has 1 unspecified atom stereocenters. The summed E-state index contributed by atoms with van der Waals surface area (Å²) >= 11 is 6.14. The van der Waals surface area contributed by atoms with Gasteiger partial charge in [-0.1, -0.05) is 30.7 Å². The van der Waals surface area contributed by atoms with Gasteiger partial charge in [0.1, 0.15) is 0 Å². The molecule has 2 aromatic heterocycles. The zero-order valence-electron chi connectivity index (χ0n) is 11.1. The van der Waals surface area contributed by atoms with Crippen LogP contribution in [-0.4, -0.2) is 19.6 Å². The van der Waals surface area contributed by atoms with Crippen LogP contribution in [0.25, 0.3) is 10.9 Å². The number of aromatic hydroxyl groups is 1. The van der Waals surface area contributed by atoms with Gasteiger partial charge in [0.15, 0.2) is 0 Å². The third-order valence-corrected chi connectivity index (χ3v) is 4.02. The van der Waals surface area contributed by atoms with Crippen molar-refractivity contribution in [1.82, 2.24) is 14.5 Å². The Morgan fingerprint density at radius 1 is 1.40 bits per heavy atom. The third kappa shape index (κ3) is 1.74. The van der Waals surface area contributed by atoms with Crippen molar-refractivity contribution in [3.05, 3.63) is 51.2 Å². The number of imidazole rings is 1. The second kappa shape index (κ2) is 4.45. The van der Waals surface area contributed by atoms with E-state index in [1.165, 1.54) is 11.6 Å². The van der Waals surface area contributed by atoms with Crippen molar-refractivity contribution < 1.29 is 5.11 Å². The maximum atomic E-state index is 11.6. The van der Waals surface area contributed by atoms with Crippen LogP contribution in [0.2, 0.25) is 5.02 Å². The third-order valence-electron chi connectivity index (χ3n) is 3.70. The summed E-state index contributed by atoms with van der Waals surface area (Å²) in [5, 5.41) is 11.6. The molecule has 3 aromatic rings. The normalized spacial score (nSPS) is 12.9. The molecule has 0 spiro atoms. The molecule has 0 radical (unpaired) electrons. The summed E-state index contributed by atoms with van der Waals surface area (Å²) in [6.45, 7) is 1.93. The van der Waals surface area contributed by atoms with Crippen molar-refractivity contribution >= 4 is 22.5 Å². The zero-order chi connectivity index (χ0) is 14.4. The number of aromatic nitrogens is 3. The largest absolute Gasteiger partial charge is 0.493 e. The van der Waals surface area contributed by atoms with Crippen molar-refractivity contribution in [3.63, 3.8) is 0 Å². The Morgan fingerprint density at radius 3 is 2.80 bits per heavy atom. The van der Waals surface area contributed by atoms with Crippen molar-refractivity contribution in [1.29, 1.82) is 0 Å². The summed E-state index contributed by atoms with van der Waals surface area (Å²) in [6.07, 6.45) is 1.85. The number of H-pyrrole nitrogens is 2. The molecule has 3 rings (SSSR count). The Kier molecular flexibility index (Phi) is 2.87. The summed E-state index contributed by atoms with van der Waals surface area (Å²) in [4.78, 5) is 17.4. The van der Waals surface area contributed by atoms with Crippen molar-refractivity contribution in [3.8, 4) is 5.88 Å². The summed E-state index contributed by atoms with van der Waals surface area (Å²) in [7, 11) is 1.52. The van der Waals surface area contributed by atoms with Gasteiger partial charge in [0, 0.05) is 24.5 Å². The van der Waals surface area contributed by atoms with Gasteiger partial charge in [-0.2, -0.15) is 0 Å². The van der Waals surface area contributed by atoms with Crippen LogP contribution in [0.4, 0.5) is 0 Å². The maximum absolute atomic E-state index is 11.6. The van der Waals surface area contributed by atoms with Crippen LogP contribution in [-0.2, 0) is 7.05 Å². The molecule has 0 bridgehead atoms. The van der Waals surface area contributed by atoms with E-state index < -0.39 is 0 Å². The molecule has 3 N–H and O–H groups in total. The summed E-state index contributed by atoms with van der Waals surface area (Å²) in [5.41, 5.74) is 1.99. The van der Waals surface area contributed by atoms with Gasteiger partial charge in [-0.05, 0) is 11.6 Å². The number of para-hydroxylation sites is 1. The van der Waals surface area contributed by atoms with Gasteiger partial charge in [-0.25, -0.2) is 4.79 Å². The highest BCUT2D eigenvalue weighted by molar-refractivity contribution is 6.35. The van der Waals surface area contributed by atoms with E-state index in [1.807, 2.05) is 31.3 Å². The lowest BCUT2D eigenvalue weighted by atomic mass is 9.97. The highest BCUT2D eigenvalue weighted by atomic mass is 35.5. The first-order valence-electron chi connectivity index (χ1n) is 6.24. The van der Waals surface area contributed by atoms with Gasteiger partial charge < -0.3 is 15.1 Å². The number of nitrogens with one attached hydrogen (secondary N) is 2. The molecule has 2 heterocycles. The van der Waals surface area contributed by atoms with Crippen LogP contribution < -0.4 is 5.69 Å². The molecule has 0 amide bonds. The number of fused-ring (bicyclic) bond motifs is 1. The Morgan fingerprint density at radius 2 is 2.15 bits per heavy atom. The number of aromatic amines is 2. The van der Waals surface area contributed by atoms with E-state index in [0.717, 1.165) is 16.5 Å². The monoisotopic (exact) mass is 291 g/mol. The van der Waals surface area contributed by atoms with E-state index >= 15 is 0 Å². The number of rotatable bonds is 2. The molecule has 0 saturated carbocycles. The fourth-order valence-electron chi connectivity index (χ4n) is 2.49. The van der Waals surface area contributed by atoms with Crippen molar-refractivity contribution in [2.45, 2.75) is 12.8 Å². The Bertz CT molecular complexity index is 844. The van der Waals surface area contributed by atoms with Crippen molar-refractivity contribution in [2.75, 3.05) is 0 Å². The van der Waals surface area contributed by atoms with E-state index in [4.69, 9.17) is 11.6 Å². The summed E-state index contributed by atoms with van der Waals surface area (Å²) in [6, 6.07) is 5.65. The second-order valence-corrected chi connectivity index (χ2v) is 5.26. The van der Waals surface area contributed by atoms with E-state index in [0.29, 0.717) is 10.7 Å². The van der Waals surface area contributed by atoms with Crippen LogP contribution in [0.3, 0.4) is 0 Å². The number of halogens is 1. The predicted octanol–water partition coefficient (Wildman–Crippen LogP) is 2.71. The molecule has 0 aliphatic carbocycles. The Hall–Kier alpha value is -2.14. The first-order valence-corrected chi connectivity index (χ1v) is 6.62. The van der Waals surface area contributed by atoms with Gasteiger partial charge in [0.2, 0.25) is 5.88 Å². The van der Waals surface area contributed by atoms with Crippen LogP contribution >= 0.6 is 11.6 Å². The first-order chi connectivity index (χ1) is 9.50. The zero-order valence-corrected chi connectivity index (χ0v) is 11.8. The molecular weight excluding hydrogens is 278 g/mol. The van der Waals surface area contributed by atoms with Gasteiger partial charge in [0.25, 0.3) is 0 Å². The highest BCUT2D eigenvalue weighted by Gasteiger charge is 2.21. The average molecular weight is 292 g/mol. The van der Waals surface area contributed by atoms with Gasteiger partial charge >= 0.3 is 5.69 Å². The van der Waals surface area contributed by atoms with Crippen LogP contribution in [0, 0.1) is 0 Å². The molecular formula is C14H14ClN3O2. The molecule has 0 aliphatic rings. The number of nitrogens with zero attached hydrogens (tertiary/aromatic N) is 1. The Labute approximate surface area is 119 Å². The molecule has 104 valence electrons. The quantitative estimate of drug-likeness (QED) is 0.679. The topological polar surface area (TPSA) is 73.8 Å². The minimum Gasteiger partial charge on any atom is -0.493 e. The molecule has 6 heteroatoms. The lowest BCUT2D eigenvalue weighted by Crippen LogP contribution is -2.11. The Balaban J connectivity index is 2.18. The summed E-state index contributed by atoms with van der Waals surface area (Å²) in [5.74, 6) is -0.199. The SMILES string of the molecule is CC(c1[nH]c(=O)n(C)c1O)c1c[nH]c2c(Cl)cccc12. The minimum absolute atomic E-state index is 0.0427. The van der Waals surface area contributed by atoms with Gasteiger partial charge in [-0.15, -0.1) is 0 Å². The average Bonchev–Trinajstić information content (AvgIpc) is 2.96. The van der Waals surface area contributed by atoms with E-state index in [-0.39, 0.29) is 17.5 Å². The maximum Gasteiger partial charge on any atom is 0.328 e. The molecule has 1 aromatic carbocycles. The highest BCUT2D eigenvalue weighted by Crippen LogP contribution is 2.34. The molecule has 5 nitrogen and oxygen atoms in total. The molecule has 20 heavy (non-hydrogen) atoms. The van der Waals surface area contributed by atoms with Crippen molar-refractivity contribution in [2.24, 2.45) is 7.05 Å². The lowest BCUT2D eigenvalue weighted by molar-refractivity contribution is 0.422. The smallest absolute Gasteiger partial charge is 0.328 e. The molecule has 0 fully saturated rings. The minimum atomic E-state index is -0.331. The van der Waals surface area contributed by atoms with E-state index in [9.17, 15) is 9.90 Å². The van der Waals surface area contributed by atoms with E-state index in [2.05, 4.69) is 9.97 Å². The molecule has 0 saturated heterocycles. The standard InChI is InChI=1S/C14H14ClN3O2/c1-7(11-13(19)18(2)14(20)17-11)9-6-16-12-8(9)4-3-5-10(12)15/h3-7,16,19H,1-2H3,(H,17,20). The first kappa shape index (κ1) is 12.9. The van der Waals surface area contributed by atoms with Crippen LogP contribution in [0.15, 0.2) is 29.2 Å². The number of hydrogen-bond acceptors (Lipinski definition) is 2. The van der Waals surface area contributed by atoms with Gasteiger partial charge in [0.05, 0.1) is 16.2 Å². The predicted molar refractivity (Wildman–Crippen MR) is 78.5 cm³/mol. The molecule has 0 aliphatic heterocycles. The van der Waals surface area contributed by atoms with Crippen LogP contribution in [0.5, 0.6) is 5.88 Å². The number of benzene rings is 1. The number of hydrogen-bond donors (Lipinski definition) is 3. The second-order valence-electron chi connectivity index (χ2n) is 4.85.